The van der Waals surface area contributed by atoms with Crippen LogP contribution in [0.4, 0.5) is 22.4 Å². The van der Waals surface area contributed by atoms with E-state index in [-0.39, 0.29) is 43.0 Å². The molecule has 9 heteroatoms. The minimum absolute atomic E-state index is 0.0742. The number of carbonyl (C=O) groups excluding carboxylic acids is 1. The van der Waals surface area contributed by atoms with Gasteiger partial charge < -0.3 is 19.5 Å². The Morgan fingerprint density at radius 3 is 2.13 bits per heavy atom. The molecular formula is C30H27F4NO4. The Hall–Kier alpha value is -3.59. The van der Waals surface area contributed by atoms with Gasteiger partial charge in [-0.1, -0.05) is 60.7 Å². The van der Waals surface area contributed by atoms with Crippen LogP contribution in [-0.4, -0.2) is 47.3 Å². The number of halogens is 4. The Morgan fingerprint density at radius 1 is 0.949 bits per heavy atom. The summed E-state index contributed by atoms with van der Waals surface area (Å²) in [4.78, 5) is 15.0. The van der Waals surface area contributed by atoms with Crippen LogP contribution in [0.5, 0.6) is 5.75 Å². The van der Waals surface area contributed by atoms with Crippen LogP contribution in [0.3, 0.4) is 0 Å². The summed E-state index contributed by atoms with van der Waals surface area (Å²) in [5.41, 5.74) is 3.36. The quantitative estimate of drug-likeness (QED) is 0.354. The Balaban J connectivity index is 1.15. The fourth-order valence-corrected chi connectivity index (χ4v) is 6.48. The molecule has 1 N–H and O–H groups in total. The lowest BCUT2D eigenvalue weighted by atomic mass is 9.80. The molecule has 6 rings (SSSR count). The van der Waals surface area contributed by atoms with Gasteiger partial charge in [-0.3, -0.25) is 0 Å². The van der Waals surface area contributed by atoms with Gasteiger partial charge in [0.2, 0.25) is 0 Å². The van der Waals surface area contributed by atoms with Crippen molar-refractivity contribution in [2.75, 3.05) is 6.61 Å². The van der Waals surface area contributed by atoms with Crippen LogP contribution in [0.2, 0.25) is 0 Å². The van der Waals surface area contributed by atoms with Crippen molar-refractivity contribution in [3.63, 3.8) is 0 Å². The number of piperidine rings is 1. The molecule has 204 valence electrons. The van der Waals surface area contributed by atoms with Crippen LogP contribution >= 0.6 is 0 Å². The number of fused-ring (bicyclic) bond motifs is 5. The molecule has 2 atom stereocenters. The first-order chi connectivity index (χ1) is 18.7. The SMILES string of the molecule is O=C(OCC1c2ccccc2-c2ccccc21)N1C2CCC1CC(O)(c1cccc(OC(F)(F)C(F)F)c1)C2. The van der Waals surface area contributed by atoms with Crippen LogP contribution in [0.25, 0.3) is 11.1 Å². The topological polar surface area (TPSA) is 59.0 Å². The zero-order valence-corrected chi connectivity index (χ0v) is 20.9. The average molecular weight is 542 g/mol. The maximum Gasteiger partial charge on any atom is 0.461 e. The van der Waals surface area contributed by atoms with Crippen LogP contribution in [0.1, 0.15) is 48.3 Å². The molecule has 1 aliphatic carbocycles. The molecule has 2 bridgehead atoms. The highest BCUT2D eigenvalue weighted by Gasteiger charge is 2.51. The zero-order chi connectivity index (χ0) is 27.4. The third-order valence-corrected chi connectivity index (χ3v) is 8.19. The smallest absolute Gasteiger partial charge is 0.448 e. The van der Waals surface area contributed by atoms with E-state index in [1.807, 2.05) is 36.4 Å². The molecule has 2 unspecified atom stereocenters. The molecule has 0 saturated carbocycles. The number of benzene rings is 3. The molecule has 3 aromatic carbocycles. The monoisotopic (exact) mass is 541 g/mol. The van der Waals surface area contributed by atoms with E-state index in [0.29, 0.717) is 12.8 Å². The summed E-state index contributed by atoms with van der Waals surface area (Å²) in [7, 11) is 0. The van der Waals surface area contributed by atoms with Crippen LogP contribution in [0.15, 0.2) is 72.8 Å². The molecule has 39 heavy (non-hydrogen) atoms. The first-order valence-corrected chi connectivity index (χ1v) is 13.0. The molecule has 1 amide bonds. The van der Waals surface area contributed by atoms with Crippen molar-refractivity contribution in [2.45, 2.75) is 61.8 Å². The lowest BCUT2D eigenvalue weighted by Gasteiger charge is -2.43. The third kappa shape index (κ3) is 4.52. The van der Waals surface area contributed by atoms with Gasteiger partial charge >= 0.3 is 18.6 Å². The van der Waals surface area contributed by atoms with Gasteiger partial charge in [0.15, 0.2) is 0 Å². The lowest BCUT2D eigenvalue weighted by Crippen LogP contribution is -2.52. The molecule has 0 aromatic heterocycles. The Morgan fingerprint density at radius 2 is 1.54 bits per heavy atom. The Kier molecular flexibility index (Phi) is 6.29. The summed E-state index contributed by atoms with van der Waals surface area (Å²) in [6, 6.07) is 20.8. The summed E-state index contributed by atoms with van der Waals surface area (Å²) < 4.78 is 62.1. The summed E-state index contributed by atoms with van der Waals surface area (Å²) in [6.45, 7) is 0.185. The van der Waals surface area contributed by atoms with Crippen molar-refractivity contribution in [1.82, 2.24) is 4.90 Å². The molecular weight excluding hydrogens is 514 g/mol. The minimum atomic E-state index is -4.65. The van der Waals surface area contributed by atoms with Gasteiger partial charge in [0, 0.05) is 30.8 Å². The van der Waals surface area contributed by atoms with Gasteiger partial charge in [0.25, 0.3) is 0 Å². The van der Waals surface area contributed by atoms with E-state index < -0.39 is 30.0 Å². The van der Waals surface area contributed by atoms with Crippen molar-refractivity contribution in [3.05, 3.63) is 89.5 Å². The number of alkyl halides is 4. The molecule has 2 fully saturated rings. The van der Waals surface area contributed by atoms with Gasteiger partial charge in [-0.2, -0.15) is 17.6 Å². The number of hydrogen-bond acceptors (Lipinski definition) is 4. The minimum Gasteiger partial charge on any atom is -0.448 e. The number of hydrogen-bond donors (Lipinski definition) is 1. The summed E-state index contributed by atoms with van der Waals surface area (Å²) in [5, 5.41) is 11.5. The number of rotatable bonds is 6. The van der Waals surface area contributed by atoms with Gasteiger partial charge in [-0.05, 0) is 52.8 Å². The third-order valence-electron chi connectivity index (χ3n) is 8.19. The van der Waals surface area contributed by atoms with Gasteiger partial charge in [0.1, 0.15) is 12.4 Å². The molecule has 2 aliphatic heterocycles. The first kappa shape index (κ1) is 25.7. The van der Waals surface area contributed by atoms with Crippen LogP contribution < -0.4 is 4.74 Å². The standard InChI is InChI=1S/C30H27F4NO4/c31-27(32)30(33,34)39-21-7-5-6-18(14-21)29(37)15-19-12-13-20(16-29)35(19)28(36)38-17-26-24-10-3-1-8-22(24)23-9-2-4-11-25(23)26/h1-11,14,19-20,26-27,37H,12-13,15-17H2. The van der Waals surface area contributed by atoms with Crippen LogP contribution in [-0.2, 0) is 10.3 Å². The largest absolute Gasteiger partial charge is 0.461 e. The van der Waals surface area contributed by atoms with Gasteiger partial charge in [0.05, 0.1) is 5.60 Å². The molecule has 3 aromatic rings. The molecule has 0 radical (unpaired) electrons. The number of nitrogens with zero attached hydrogens (tertiary/aromatic N) is 1. The number of amides is 1. The normalized spacial score (nSPS) is 24.0. The molecule has 3 aliphatic rings. The highest BCUT2D eigenvalue weighted by molar-refractivity contribution is 5.79. The molecule has 5 nitrogen and oxygen atoms in total. The van der Waals surface area contributed by atoms with Gasteiger partial charge in [-0.25, -0.2) is 4.79 Å². The predicted octanol–water partition coefficient (Wildman–Crippen LogP) is 6.69. The second kappa shape index (κ2) is 9.55. The predicted molar refractivity (Wildman–Crippen MR) is 135 cm³/mol. The van der Waals surface area contributed by atoms with E-state index in [1.165, 1.54) is 12.1 Å². The number of carbonyl (C=O) groups is 1. The van der Waals surface area contributed by atoms with Crippen LogP contribution in [0, 0.1) is 0 Å². The summed E-state index contributed by atoms with van der Waals surface area (Å²) in [5.74, 6) is -0.535. The van der Waals surface area contributed by atoms with Gasteiger partial charge in [-0.15, -0.1) is 0 Å². The van der Waals surface area contributed by atoms with Crippen molar-refractivity contribution in [3.8, 4) is 16.9 Å². The fraction of sp³-hybridized carbons (Fsp3) is 0.367. The number of aliphatic hydroxyl groups is 1. The fourth-order valence-electron chi connectivity index (χ4n) is 6.48. The van der Waals surface area contributed by atoms with Crippen molar-refractivity contribution >= 4 is 6.09 Å². The van der Waals surface area contributed by atoms with E-state index in [2.05, 4.69) is 16.9 Å². The lowest BCUT2D eigenvalue weighted by molar-refractivity contribution is -0.253. The van der Waals surface area contributed by atoms with E-state index in [0.717, 1.165) is 28.3 Å². The second-order valence-corrected chi connectivity index (χ2v) is 10.5. The molecule has 0 spiro atoms. The second-order valence-electron chi connectivity index (χ2n) is 10.5. The number of ether oxygens (including phenoxy) is 2. The molecule has 2 saturated heterocycles. The van der Waals surface area contributed by atoms with E-state index in [1.54, 1.807) is 11.0 Å². The zero-order valence-electron chi connectivity index (χ0n) is 20.9. The summed E-state index contributed by atoms with van der Waals surface area (Å²) >= 11 is 0. The average Bonchev–Trinajstić information content (AvgIpc) is 3.39. The van der Waals surface area contributed by atoms with E-state index >= 15 is 0 Å². The van der Waals surface area contributed by atoms with E-state index in [9.17, 15) is 27.5 Å². The maximum absolute atomic E-state index is 13.4. The molecule has 2 heterocycles. The Labute approximate surface area is 223 Å². The first-order valence-electron chi connectivity index (χ1n) is 13.0. The van der Waals surface area contributed by atoms with Crippen molar-refractivity contribution < 1.29 is 36.9 Å². The summed E-state index contributed by atoms with van der Waals surface area (Å²) in [6.07, 6.45) is -7.41. The maximum atomic E-state index is 13.4. The van der Waals surface area contributed by atoms with E-state index in [4.69, 9.17) is 4.74 Å². The highest BCUT2D eigenvalue weighted by atomic mass is 19.3. The Bertz CT molecular complexity index is 1340. The highest BCUT2D eigenvalue weighted by Crippen LogP contribution is 2.48. The van der Waals surface area contributed by atoms with Crippen molar-refractivity contribution in [2.24, 2.45) is 0 Å². The van der Waals surface area contributed by atoms with Crippen molar-refractivity contribution in [1.29, 1.82) is 0 Å².